The molecule has 0 spiro atoms. The molecule has 0 aliphatic carbocycles. The summed E-state index contributed by atoms with van der Waals surface area (Å²) in [6.45, 7) is 2.30. The number of hydrogen-bond acceptors (Lipinski definition) is 7. The molecule has 1 amide bonds. The third kappa shape index (κ3) is 4.57. The number of carbonyl (C=O) groups is 1. The molecule has 0 unspecified atom stereocenters. The number of benzene rings is 2. The number of para-hydroxylation sites is 1. The average molecular weight is 493 g/mol. The van der Waals surface area contributed by atoms with Crippen molar-refractivity contribution in [1.29, 1.82) is 0 Å². The van der Waals surface area contributed by atoms with Crippen molar-refractivity contribution in [1.82, 2.24) is 34.5 Å². The highest BCUT2D eigenvalue weighted by Crippen LogP contribution is 2.22. The minimum atomic E-state index is -3.71. The van der Waals surface area contributed by atoms with E-state index in [1.54, 1.807) is 16.6 Å². The second-order valence-corrected chi connectivity index (χ2v) is 9.87. The van der Waals surface area contributed by atoms with Gasteiger partial charge in [-0.25, -0.2) is 18.5 Å². The van der Waals surface area contributed by atoms with Crippen LogP contribution in [0, 0.1) is 6.92 Å². The molecule has 0 aliphatic rings. The van der Waals surface area contributed by atoms with Gasteiger partial charge in [-0.1, -0.05) is 24.3 Å². The first-order valence-electron chi connectivity index (χ1n) is 11.2. The van der Waals surface area contributed by atoms with Crippen LogP contribution in [0.1, 0.15) is 30.1 Å². The van der Waals surface area contributed by atoms with Gasteiger partial charge >= 0.3 is 0 Å². The molecular weight excluding hydrogens is 468 g/mol. The van der Waals surface area contributed by atoms with Crippen LogP contribution in [0.2, 0.25) is 0 Å². The summed E-state index contributed by atoms with van der Waals surface area (Å²) < 4.78 is 26.3. The fourth-order valence-electron chi connectivity index (χ4n) is 4.13. The molecule has 180 valence electrons. The van der Waals surface area contributed by atoms with E-state index in [4.69, 9.17) is 5.14 Å². The van der Waals surface area contributed by atoms with Crippen LogP contribution >= 0.6 is 0 Å². The van der Waals surface area contributed by atoms with Crippen LogP contribution < -0.4 is 10.5 Å². The summed E-state index contributed by atoms with van der Waals surface area (Å²) in [7, 11) is -3.71. The number of nitrogens with two attached hydrogens (primary N) is 1. The van der Waals surface area contributed by atoms with Gasteiger partial charge in [-0.05, 0) is 49.6 Å². The number of aromatic nitrogens is 6. The van der Waals surface area contributed by atoms with Crippen molar-refractivity contribution in [2.75, 3.05) is 6.54 Å². The molecule has 0 atom stereocenters. The molecule has 0 fully saturated rings. The Balaban J connectivity index is 1.21. The monoisotopic (exact) mass is 492 g/mol. The number of hydrogen-bond donors (Lipinski definition) is 2. The minimum Gasteiger partial charge on any atom is -0.356 e. The summed E-state index contributed by atoms with van der Waals surface area (Å²) in [4.78, 5) is 16.9. The zero-order valence-corrected chi connectivity index (χ0v) is 19.9. The molecule has 0 radical (unpaired) electrons. The molecule has 3 aromatic heterocycles. The summed E-state index contributed by atoms with van der Waals surface area (Å²) >= 11 is 0. The minimum absolute atomic E-state index is 0.0564. The molecule has 0 saturated heterocycles. The van der Waals surface area contributed by atoms with Crippen molar-refractivity contribution >= 4 is 38.3 Å². The maximum Gasteiger partial charge on any atom is 0.258 e. The quantitative estimate of drug-likeness (QED) is 0.334. The maximum atomic E-state index is 12.3. The highest BCUT2D eigenvalue weighted by molar-refractivity contribution is 7.89. The second kappa shape index (κ2) is 9.04. The first-order valence-corrected chi connectivity index (χ1v) is 12.7. The van der Waals surface area contributed by atoms with Gasteiger partial charge in [0.25, 0.3) is 5.78 Å². The van der Waals surface area contributed by atoms with Gasteiger partial charge in [0.2, 0.25) is 15.9 Å². The van der Waals surface area contributed by atoms with Crippen LogP contribution in [-0.2, 0) is 27.7 Å². The molecule has 2 aromatic carbocycles. The normalized spacial score (nSPS) is 12.1. The van der Waals surface area contributed by atoms with Gasteiger partial charge in [-0.2, -0.15) is 4.52 Å². The summed E-state index contributed by atoms with van der Waals surface area (Å²) in [5.41, 5.74) is 2.60. The standard InChI is InChI=1S/C23H24N8O3S/c1-15-26-22-18-5-2-3-6-19(18)30-20(27-28-23(30)31(22)29-15)7-4-8-21(32)25-14-13-16-9-11-17(12-10-16)35(24,33)34/h2-3,5-6,9-12H,4,7-8,13-14H2,1H3,(H,25,32)(H2,24,33,34). The van der Waals surface area contributed by atoms with Gasteiger partial charge in [-0.3, -0.25) is 9.20 Å². The number of fused-ring (bicyclic) bond motifs is 6. The van der Waals surface area contributed by atoms with Gasteiger partial charge in [0.05, 0.1) is 10.4 Å². The van der Waals surface area contributed by atoms with Crippen LogP contribution in [0.4, 0.5) is 0 Å². The summed E-state index contributed by atoms with van der Waals surface area (Å²) in [6, 6.07) is 14.2. The first kappa shape index (κ1) is 22.9. The van der Waals surface area contributed by atoms with E-state index in [9.17, 15) is 13.2 Å². The predicted molar refractivity (Wildman–Crippen MR) is 129 cm³/mol. The van der Waals surface area contributed by atoms with E-state index >= 15 is 0 Å². The van der Waals surface area contributed by atoms with Gasteiger partial charge in [0.15, 0.2) is 5.65 Å². The number of aryl methyl sites for hydroxylation is 2. The number of nitrogens with zero attached hydrogens (tertiary/aromatic N) is 6. The first-order chi connectivity index (χ1) is 16.8. The molecule has 0 aliphatic heterocycles. The van der Waals surface area contributed by atoms with Crippen LogP contribution in [0.15, 0.2) is 53.4 Å². The molecule has 3 N–H and O–H groups in total. The van der Waals surface area contributed by atoms with Crippen molar-refractivity contribution < 1.29 is 13.2 Å². The van der Waals surface area contributed by atoms with Crippen LogP contribution in [0.25, 0.3) is 22.3 Å². The van der Waals surface area contributed by atoms with Crippen LogP contribution in [-0.4, -0.2) is 50.1 Å². The summed E-state index contributed by atoms with van der Waals surface area (Å²) in [6.07, 6.45) is 2.12. The largest absolute Gasteiger partial charge is 0.356 e. The molecule has 0 bridgehead atoms. The average Bonchev–Trinajstić information content (AvgIpc) is 3.42. The molecule has 12 heteroatoms. The van der Waals surface area contributed by atoms with Crippen LogP contribution in [0.3, 0.4) is 0 Å². The van der Waals surface area contributed by atoms with Crippen molar-refractivity contribution in [3.63, 3.8) is 0 Å². The molecule has 11 nitrogen and oxygen atoms in total. The molecule has 0 saturated carbocycles. The Labute approximate surface area is 201 Å². The summed E-state index contributed by atoms with van der Waals surface area (Å²) in [5.74, 6) is 1.95. The van der Waals surface area contributed by atoms with Gasteiger partial charge < -0.3 is 5.32 Å². The van der Waals surface area contributed by atoms with Crippen molar-refractivity contribution in [3.05, 3.63) is 65.7 Å². The Morgan fingerprint density at radius 3 is 2.60 bits per heavy atom. The fraction of sp³-hybridized carbons (Fsp3) is 0.261. The number of rotatable bonds is 8. The van der Waals surface area contributed by atoms with Crippen molar-refractivity contribution in [2.45, 2.75) is 37.5 Å². The zero-order valence-electron chi connectivity index (χ0n) is 19.0. The molecular formula is C23H24N8O3S. The number of primary sulfonamides is 1. The molecule has 35 heavy (non-hydrogen) atoms. The molecule has 3 heterocycles. The zero-order chi connectivity index (χ0) is 24.6. The van der Waals surface area contributed by atoms with E-state index < -0.39 is 10.0 Å². The lowest BCUT2D eigenvalue weighted by atomic mass is 10.1. The van der Waals surface area contributed by atoms with E-state index in [1.807, 2.05) is 35.6 Å². The lowest BCUT2D eigenvalue weighted by molar-refractivity contribution is -0.121. The van der Waals surface area contributed by atoms with Crippen LogP contribution in [0.5, 0.6) is 0 Å². The Kier molecular flexibility index (Phi) is 5.91. The van der Waals surface area contributed by atoms with E-state index in [1.165, 1.54) is 12.1 Å². The maximum absolute atomic E-state index is 12.3. The number of nitrogens with one attached hydrogen (secondary N) is 1. The SMILES string of the molecule is Cc1nc2c3ccccc3n3c(CCCC(=O)NCCc4ccc(S(N)(=O)=O)cc4)nnc3n2n1. The smallest absolute Gasteiger partial charge is 0.258 e. The van der Waals surface area contributed by atoms with Gasteiger partial charge in [0, 0.05) is 24.8 Å². The number of amides is 1. The van der Waals surface area contributed by atoms with E-state index in [0.29, 0.717) is 43.8 Å². The van der Waals surface area contributed by atoms with E-state index in [0.717, 1.165) is 27.9 Å². The van der Waals surface area contributed by atoms with E-state index in [2.05, 4.69) is 25.6 Å². The lowest BCUT2D eigenvalue weighted by Gasteiger charge is -2.07. The Hall–Kier alpha value is -3.90. The van der Waals surface area contributed by atoms with E-state index in [-0.39, 0.29) is 10.8 Å². The summed E-state index contributed by atoms with van der Waals surface area (Å²) in [5, 5.41) is 22.1. The topological polar surface area (TPSA) is 150 Å². The van der Waals surface area contributed by atoms with Crippen molar-refractivity contribution in [2.24, 2.45) is 5.14 Å². The molecule has 5 rings (SSSR count). The number of carbonyl (C=O) groups excluding carboxylic acids is 1. The highest BCUT2D eigenvalue weighted by atomic mass is 32.2. The third-order valence-corrected chi connectivity index (χ3v) is 6.72. The third-order valence-electron chi connectivity index (χ3n) is 5.79. The Bertz CT molecular complexity index is 1660. The van der Waals surface area contributed by atoms with Crippen molar-refractivity contribution in [3.8, 4) is 0 Å². The lowest BCUT2D eigenvalue weighted by Crippen LogP contribution is -2.25. The molecule has 5 aromatic rings. The predicted octanol–water partition coefficient (Wildman–Crippen LogP) is 1.56. The Morgan fingerprint density at radius 2 is 1.83 bits per heavy atom. The van der Waals surface area contributed by atoms with Gasteiger partial charge in [-0.15, -0.1) is 15.3 Å². The Morgan fingerprint density at radius 1 is 1.06 bits per heavy atom. The number of sulfonamides is 1. The highest BCUT2D eigenvalue weighted by Gasteiger charge is 2.17. The van der Waals surface area contributed by atoms with Gasteiger partial charge in [0.1, 0.15) is 11.6 Å². The second-order valence-electron chi connectivity index (χ2n) is 8.31. The fourth-order valence-corrected chi connectivity index (χ4v) is 4.64.